The van der Waals surface area contributed by atoms with Crippen LogP contribution in [0.4, 0.5) is 5.82 Å². The van der Waals surface area contributed by atoms with Crippen LogP contribution in [-0.2, 0) is 24.9 Å². The first kappa shape index (κ1) is 14.8. The molecule has 0 aliphatic rings. The van der Waals surface area contributed by atoms with Crippen molar-refractivity contribution < 1.29 is 9.90 Å². The van der Waals surface area contributed by atoms with E-state index in [9.17, 15) is 9.59 Å². The van der Waals surface area contributed by atoms with E-state index < -0.39 is 18.1 Å². The maximum absolute atomic E-state index is 12.1. The van der Waals surface area contributed by atoms with Crippen molar-refractivity contribution in [1.82, 2.24) is 19.1 Å². The topological polar surface area (TPSA) is 102 Å². The summed E-state index contributed by atoms with van der Waals surface area (Å²) in [6, 6.07) is 5.83. The molecular formula is C15H15N5O3. The summed E-state index contributed by atoms with van der Waals surface area (Å²) >= 11 is 0. The number of fused-ring (bicyclic) bond motifs is 1. The SMILES string of the molecule is Cn1cnc2cc(CNc3nccn(CC(=O)O)c3=O)ccc21. The molecule has 0 saturated carbocycles. The Morgan fingerprint density at radius 2 is 2.17 bits per heavy atom. The van der Waals surface area contributed by atoms with Crippen LogP contribution in [0.15, 0.2) is 41.7 Å². The number of carboxylic acids is 1. The fraction of sp³-hybridized carbons (Fsp3) is 0.200. The van der Waals surface area contributed by atoms with Gasteiger partial charge in [0.25, 0.3) is 5.56 Å². The summed E-state index contributed by atoms with van der Waals surface area (Å²) in [5, 5.41) is 11.7. The number of aromatic nitrogens is 4. The standard InChI is InChI=1S/C15H15N5O3/c1-19-9-18-11-6-10(2-3-12(11)19)7-17-14-15(23)20(5-4-16-14)8-13(21)22/h2-6,9H,7-8H2,1H3,(H,16,17)(H,21,22). The zero-order valence-corrected chi connectivity index (χ0v) is 12.4. The molecule has 23 heavy (non-hydrogen) atoms. The molecule has 0 amide bonds. The van der Waals surface area contributed by atoms with Crippen LogP contribution >= 0.6 is 0 Å². The Bertz CT molecular complexity index is 928. The van der Waals surface area contributed by atoms with E-state index in [0.29, 0.717) is 6.54 Å². The van der Waals surface area contributed by atoms with E-state index in [0.717, 1.165) is 21.2 Å². The number of carboxylic acid groups (broad SMARTS) is 1. The highest BCUT2D eigenvalue weighted by Crippen LogP contribution is 2.14. The zero-order chi connectivity index (χ0) is 16.4. The third-order valence-electron chi connectivity index (χ3n) is 3.47. The van der Waals surface area contributed by atoms with Crippen molar-refractivity contribution in [2.24, 2.45) is 7.05 Å². The Kier molecular flexibility index (Phi) is 3.80. The number of aryl methyl sites for hydroxylation is 1. The van der Waals surface area contributed by atoms with E-state index in [2.05, 4.69) is 15.3 Å². The number of hydrogen-bond donors (Lipinski definition) is 2. The van der Waals surface area contributed by atoms with Crippen molar-refractivity contribution in [3.05, 3.63) is 52.8 Å². The minimum atomic E-state index is -1.08. The lowest BCUT2D eigenvalue weighted by molar-refractivity contribution is -0.137. The summed E-state index contributed by atoms with van der Waals surface area (Å²) in [6.07, 6.45) is 4.49. The molecule has 0 fully saturated rings. The van der Waals surface area contributed by atoms with Gasteiger partial charge in [0.1, 0.15) is 6.54 Å². The quantitative estimate of drug-likeness (QED) is 0.723. The molecule has 8 heteroatoms. The monoisotopic (exact) mass is 313 g/mol. The second-order valence-corrected chi connectivity index (χ2v) is 5.13. The molecule has 0 radical (unpaired) electrons. The second kappa shape index (κ2) is 5.91. The van der Waals surface area contributed by atoms with Gasteiger partial charge in [-0.15, -0.1) is 0 Å². The molecule has 0 bridgehead atoms. The number of carbonyl (C=O) groups is 1. The second-order valence-electron chi connectivity index (χ2n) is 5.13. The van der Waals surface area contributed by atoms with Gasteiger partial charge < -0.3 is 15.0 Å². The number of nitrogens with zero attached hydrogens (tertiary/aromatic N) is 4. The van der Waals surface area contributed by atoms with E-state index in [1.54, 1.807) is 6.33 Å². The zero-order valence-electron chi connectivity index (χ0n) is 12.4. The average Bonchev–Trinajstić information content (AvgIpc) is 2.89. The van der Waals surface area contributed by atoms with Crippen molar-refractivity contribution in [2.45, 2.75) is 13.1 Å². The molecule has 3 aromatic rings. The van der Waals surface area contributed by atoms with Crippen LogP contribution in [0, 0.1) is 0 Å². The fourth-order valence-electron chi connectivity index (χ4n) is 2.32. The highest BCUT2D eigenvalue weighted by Gasteiger charge is 2.08. The number of benzene rings is 1. The van der Waals surface area contributed by atoms with Gasteiger partial charge in [-0.25, -0.2) is 9.97 Å². The molecule has 0 unspecified atom stereocenters. The van der Waals surface area contributed by atoms with Crippen LogP contribution in [0.25, 0.3) is 11.0 Å². The van der Waals surface area contributed by atoms with Gasteiger partial charge in [-0.3, -0.25) is 14.2 Å². The molecule has 1 aromatic carbocycles. The molecule has 0 atom stereocenters. The lowest BCUT2D eigenvalue weighted by Crippen LogP contribution is -2.27. The number of nitrogens with one attached hydrogen (secondary N) is 1. The van der Waals surface area contributed by atoms with Crippen LogP contribution in [-0.4, -0.2) is 30.2 Å². The van der Waals surface area contributed by atoms with Gasteiger partial charge in [0.05, 0.1) is 17.4 Å². The van der Waals surface area contributed by atoms with Crippen LogP contribution in [0.5, 0.6) is 0 Å². The molecule has 0 spiro atoms. The Morgan fingerprint density at radius 3 is 2.96 bits per heavy atom. The fourth-order valence-corrected chi connectivity index (χ4v) is 2.32. The molecular weight excluding hydrogens is 298 g/mol. The maximum atomic E-state index is 12.1. The normalized spacial score (nSPS) is 10.8. The van der Waals surface area contributed by atoms with E-state index in [4.69, 9.17) is 5.11 Å². The van der Waals surface area contributed by atoms with Crippen molar-refractivity contribution in [2.75, 3.05) is 5.32 Å². The first-order valence-electron chi connectivity index (χ1n) is 6.95. The molecule has 8 nitrogen and oxygen atoms in total. The summed E-state index contributed by atoms with van der Waals surface area (Å²) < 4.78 is 3.02. The van der Waals surface area contributed by atoms with Crippen molar-refractivity contribution in [1.29, 1.82) is 0 Å². The minimum absolute atomic E-state index is 0.120. The van der Waals surface area contributed by atoms with Gasteiger partial charge in [0, 0.05) is 26.0 Å². The van der Waals surface area contributed by atoms with Crippen LogP contribution in [0.1, 0.15) is 5.56 Å². The molecule has 118 valence electrons. The average molecular weight is 313 g/mol. The van der Waals surface area contributed by atoms with Gasteiger partial charge in [-0.2, -0.15) is 0 Å². The van der Waals surface area contributed by atoms with E-state index in [1.807, 2.05) is 29.8 Å². The minimum Gasteiger partial charge on any atom is -0.480 e. The number of imidazole rings is 1. The van der Waals surface area contributed by atoms with E-state index in [-0.39, 0.29) is 5.82 Å². The predicted octanol–water partition coefficient (Wildman–Crippen LogP) is 0.827. The number of aliphatic carboxylic acids is 1. The molecule has 2 aromatic heterocycles. The summed E-state index contributed by atoms with van der Waals surface area (Å²) in [6.45, 7) is 0.00175. The third-order valence-corrected chi connectivity index (χ3v) is 3.47. The molecule has 0 saturated heterocycles. The lowest BCUT2D eigenvalue weighted by Gasteiger charge is -2.08. The molecule has 2 N–H and O–H groups in total. The number of rotatable bonds is 5. The van der Waals surface area contributed by atoms with Gasteiger partial charge in [0.15, 0.2) is 5.82 Å². The summed E-state index contributed by atoms with van der Waals surface area (Å²) in [7, 11) is 1.92. The lowest BCUT2D eigenvalue weighted by atomic mass is 10.2. The highest BCUT2D eigenvalue weighted by molar-refractivity contribution is 5.76. The Labute approximate surface area is 131 Å². The first-order chi connectivity index (χ1) is 11.0. The van der Waals surface area contributed by atoms with Crippen molar-refractivity contribution in [3.63, 3.8) is 0 Å². The highest BCUT2D eigenvalue weighted by atomic mass is 16.4. The van der Waals surface area contributed by atoms with Crippen LogP contribution in [0.2, 0.25) is 0 Å². The Balaban J connectivity index is 1.79. The van der Waals surface area contributed by atoms with Crippen LogP contribution < -0.4 is 10.9 Å². The van der Waals surface area contributed by atoms with Gasteiger partial charge >= 0.3 is 5.97 Å². The van der Waals surface area contributed by atoms with Gasteiger partial charge in [-0.05, 0) is 17.7 Å². The van der Waals surface area contributed by atoms with Crippen molar-refractivity contribution >= 4 is 22.8 Å². The number of hydrogen-bond acceptors (Lipinski definition) is 5. The van der Waals surface area contributed by atoms with E-state index in [1.165, 1.54) is 12.4 Å². The Hall–Kier alpha value is -3.16. The number of anilines is 1. The smallest absolute Gasteiger partial charge is 0.323 e. The Morgan fingerprint density at radius 1 is 1.35 bits per heavy atom. The summed E-state index contributed by atoms with van der Waals surface area (Å²) in [5.74, 6) is -0.959. The third kappa shape index (κ3) is 3.05. The van der Waals surface area contributed by atoms with Gasteiger partial charge in [0.2, 0.25) is 0 Å². The summed E-state index contributed by atoms with van der Waals surface area (Å²) in [5.41, 5.74) is 2.38. The van der Waals surface area contributed by atoms with Crippen LogP contribution in [0.3, 0.4) is 0 Å². The van der Waals surface area contributed by atoms with E-state index >= 15 is 0 Å². The first-order valence-corrected chi connectivity index (χ1v) is 6.95. The molecule has 2 heterocycles. The summed E-state index contributed by atoms with van der Waals surface area (Å²) in [4.78, 5) is 31.1. The largest absolute Gasteiger partial charge is 0.480 e. The predicted molar refractivity (Wildman–Crippen MR) is 84.2 cm³/mol. The maximum Gasteiger partial charge on any atom is 0.323 e. The molecule has 0 aliphatic carbocycles. The molecule has 0 aliphatic heterocycles. The van der Waals surface area contributed by atoms with Gasteiger partial charge in [-0.1, -0.05) is 6.07 Å². The molecule has 3 rings (SSSR count). The van der Waals surface area contributed by atoms with Crippen molar-refractivity contribution in [3.8, 4) is 0 Å².